The molecule has 1 saturated heterocycles. The van der Waals surface area contributed by atoms with Gasteiger partial charge < -0.3 is 10.6 Å². The van der Waals surface area contributed by atoms with Crippen molar-refractivity contribution in [1.82, 2.24) is 15.1 Å². The lowest BCUT2D eigenvalue weighted by Crippen LogP contribution is -2.38. The van der Waals surface area contributed by atoms with E-state index in [1.807, 2.05) is 23.1 Å². The molecule has 1 aliphatic heterocycles. The molecule has 0 amide bonds. The first kappa shape index (κ1) is 14.8. The van der Waals surface area contributed by atoms with Crippen LogP contribution in [0.4, 0.5) is 5.69 Å². The third kappa shape index (κ3) is 3.42. The van der Waals surface area contributed by atoms with E-state index in [1.54, 1.807) is 0 Å². The molecule has 2 aromatic rings. The Hall–Kier alpha value is -1.81. The molecule has 2 N–H and O–H groups in total. The first-order chi connectivity index (χ1) is 11.4. The van der Waals surface area contributed by atoms with Crippen molar-refractivity contribution < 1.29 is 0 Å². The number of nitrogens with zero attached hydrogens (tertiary/aromatic N) is 2. The fraction of sp³-hybridized carbons (Fsp3) is 0.526. The van der Waals surface area contributed by atoms with Crippen LogP contribution < -0.4 is 10.6 Å². The number of nitrogens with one attached hydrogen (secondary N) is 2. The lowest BCUT2D eigenvalue weighted by atomic mass is 9.93. The van der Waals surface area contributed by atoms with E-state index in [1.165, 1.54) is 49.9 Å². The molecule has 122 valence electrons. The third-order valence-corrected chi connectivity index (χ3v) is 5.39. The molecular weight excluding hydrogens is 284 g/mol. The number of anilines is 1. The van der Waals surface area contributed by atoms with Crippen LogP contribution >= 0.6 is 0 Å². The molecule has 2 fully saturated rings. The Morgan fingerprint density at radius 1 is 1.13 bits per heavy atom. The molecule has 3 unspecified atom stereocenters. The molecular formula is C19H26N4. The maximum atomic E-state index is 4.27. The number of hydrogen-bond donors (Lipinski definition) is 2. The van der Waals surface area contributed by atoms with Crippen molar-refractivity contribution in [3.8, 4) is 0 Å². The molecule has 0 radical (unpaired) electrons. The molecule has 0 bridgehead atoms. The zero-order valence-corrected chi connectivity index (χ0v) is 13.6. The topological polar surface area (TPSA) is 41.9 Å². The summed E-state index contributed by atoms with van der Waals surface area (Å²) in [5.41, 5.74) is 2.55. The minimum Gasteiger partial charge on any atom is -0.382 e. The second-order valence-electron chi connectivity index (χ2n) is 6.95. The quantitative estimate of drug-likeness (QED) is 0.890. The summed E-state index contributed by atoms with van der Waals surface area (Å²) < 4.78 is 1.96. The predicted molar refractivity (Wildman–Crippen MR) is 93.5 cm³/mol. The number of rotatable bonds is 5. The fourth-order valence-corrected chi connectivity index (χ4v) is 4.23. The molecule has 4 heteroatoms. The van der Waals surface area contributed by atoms with Crippen LogP contribution in [0.2, 0.25) is 0 Å². The van der Waals surface area contributed by atoms with Crippen molar-refractivity contribution in [2.75, 3.05) is 11.9 Å². The summed E-state index contributed by atoms with van der Waals surface area (Å²) in [5, 5.41) is 11.8. The largest absolute Gasteiger partial charge is 0.382 e. The van der Waals surface area contributed by atoms with E-state index in [4.69, 9.17) is 0 Å². The van der Waals surface area contributed by atoms with Crippen LogP contribution in [0, 0.1) is 5.92 Å². The second-order valence-corrected chi connectivity index (χ2v) is 6.95. The number of aromatic nitrogens is 2. The molecule has 1 aromatic carbocycles. The summed E-state index contributed by atoms with van der Waals surface area (Å²) in [6.07, 6.45) is 10.6. The molecule has 4 nitrogen and oxygen atoms in total. The Labute approximate surface area is 138 Å². The summed E-state index contributed by atoms with van der Waals surface area (Å²) in [5.74, 6) is 0.793. The summed E-state index contributed by atoms with van der Waals surface area (Å²) in [7, 11) is 0. The van der Waals surface area contributed by atoms with Crippen LogP contribution in [0.25, 0.3) is 0 Å². The average molecular weight is 310 g/mol. The molecule has 1 aromatic heterocycles. The van der Waals surface area contributed by atoms with Gasteiger partial charge in [-0.3, -0.25) is 4.68 Å². The van der Waals surface area contributed by atoms with E-state index in [-0.39, 0.29) is 0 Å². The van der Waals surface area contributed by atoms with Gasteiger partial charge in [0.25, 0.3) is 0 Å². The minimum absolute atomic E-state index is 0.627. The van der Waals surface area contributed by atoms with Gasteiger partial charge >= 0.3 is 0 Å². The Morgan fingerprint density at radius 2 is 2.04 bits per heavy atom. The van der Waals surface area contributed by atoms with Gasteiger partial charge in [-0.15, -0.1) is 0 Å². The maximum Gasteiger partial charge on any atom is 0.0659 e. The van der Waals surface area contributed by atoms with Crippen LogP contribution in [-0.2, 0) is 6.54 Å². The van der Waals surface area contributed by atoms with E-state index in [0.717, 1.165) is 18.5 Å². The Morgan fingerprint density at radius 3 is 2.78 bits per heavy atom. The van der Waals surface area contributed by atoms with E-state index in [9.17, 15) is 0 Å². The van der Waals surface area contributed by atoms with Crippen molar-refractivity contribution in [2.24, 2.45) is 5.92 Å². The normalized spacial score (nSPS) is 27.4. The van der Waals surface area contributed by atoms with Gasteiger partial charge in [-0.25, -0.2) is 0 Å². The second kappa shape index (κ2) is 6.75. The highest BCUT2D eigenvalue weighted by Crippen LogP contribution is 2.33. The van der Waals surface area contributed by atoms with Crippen LogP contribution in [0.15, 0.2) is 42.7 Å². The Kier molecular flexibility index (Phi) is 4.33. The summed E-state index contributed by atoms with van der Waals surface area (Å²) in [6.45, 7) is 2.04. The standard InChI is InChI=1S/C19H26N4/c1-4-17(18-6-2-11-20-18)19(5-1)22-16-9-7-15(8-10-16)14-23-13-3-12-21-23/h3,7-10,12-13,17-20,22H,1-2,4-6,11,14H2. The highest BCUT2D eigenvalue weighted by Gasteiger charge is 2.34. The van der Waals surface area contributed by atoms with Gasteiger partial charge in [0.1, 0.15) is 0 Å². The average Bonchev–Trinajstić information content (AvgIpc) is 3.30. The van der Waals surface area contributed by atoms with Gasteiger partial charge in [0.05, 0.1) is 6.54 Å². The molecule has 1 saturated carbocycles. The molecule has 2 aliphatic rings. The van der Waals surface area contributed by atoms with E-state index >= 15 is 0 Å². The van der Waals surface area contributed by atoms with Crippen LogP contribution in [0.5, 0.6) is 0 Å². The summed E-state index contributed by atoms with van der Waals surface area (Å²) >= 11 is 0. The van der Waals surface area contributed by atoms with Gasteiger partial charge in [0.2, 0.25) is 0 Å². The SMILES string of the molecule is c1cnn(Cc2ccc(NC3CCCC3C3CCCN3)cc2)c1. The first-order valence-electron chi connectivity index (χ1n) is 8.95. The summed E-state index contributed by atoms with van der Waals surface area (Å²) in [6, 6.07) is 12.2. The van der Waals surface area contributed by atoms with Crippen LogP contribution in [0.1, 0.15) is 37.7 Å². The van der Waals surface area contributed by atoms with Crippen molar-refractivity contribution in [1.29, 1.82) is 0 Å². The van der Waals surface area contributed by atoms with Gasteiger partial charge in [0, 0.05) is 30.2 Å². The zero-order chi connectivity index (χ0) is 15.5. The number of hydrogen-bond acceptors (Lipinski definition) is 3. The van der Waals surface area contributed by atoms with Crippen molar-refractivity contribution in [2.45, 2.75) is 50.7 Å². The highest BCUT2D eigenvalue weighted by atomic mass is 15.3. The monoisotopic (exact) mass is 310 g/mol. The molecule has 3 atom stereocenters. The lowest BCUT2D eigenvalue weighted by Gasteiger charge is -2.27. The van der Waals surface area contributed by atoms with Crippen LogP contribution in [-0.4, -0.2) is 28.4 Å². The van der Waals surface area contributed by atoms with Crippen molar-refractivity contribution in [3.63, 3.8) is 0 Å². The predicted octanol–water partition coefficient (Wildman–Crippen LogP) is 3.26. The van der Waals surface area contributed by atoms with Gasteiger partial charge in [0.15, 0.2) is 0 Å². The zero-order valence-electron chi connectivity index (χ0n) is 13.6. The maximum absolute atomic E-state index is 4.27. The smallest absolute Gasteiger partial charge is 0.0659 e. The van der Waals surface area contributed by atoms with Crippen LogP contribution in [0.3, 0.4) is 0 Å². The van der Waals surface area contributed by atoms with E-state index in [2.05, 4.69) is 40.0 Å². The van der Waals surface area contributed by atoms with Gasteiger partial charge in [-0.05, 0) is 61.9 Å². The van der Waals surface area contributed by atoms with E-state index in [0.29, 0.717) is 6.04 Å². The molecule has 23 heavy (non-hydrogen) atoms. The molecule has 4 rings (SSSR count). The Bertz CT molecular complexity index is 599. The molecule has 0 spiro atoms. The lowest BCUT2D eigenvalue weighted by molar-refractivity contribution is 0.376. The third-order valence-electron chi connectivity index (χ3n) is 5.39. The Balaban J connectivity index is 1.38. The van der Waals surface area contributed by atoms with Crippen molar-refractivity contribution in [3.05, 3.63) is 48.3 Å². The number of benzene rings is 1. The molecule has 1 aliphatic carbocycles. The van der Waals surface area contributed by atoms with Crippen molar-refractivity contribution >= 4 is 5.69 Å². The van der Waals surface area contributed by atoms with E-state index < -0.39 is 0 Å². The van der Waals surface area contributed by atoms with Gasteiger partial charge in [-0.1, -0.05) is 18.6 Å². The minimum atomic E-state index is 0.627. The molecule has 2 heterocycles. The van der Waals surface area contributed by atoms with Gasteiger partial charge in [-0.2, -0.15) is 5.10 Å². The fourth-order valence-electron chi connectivity index (χ4n) is 4.23. The first-order valence-corrected chi connectivity index (χ1v) is 8.95. The highest BCUT2D eigenvalue weighted by molar-refractivity contribution is 5.46. The summed E-state index contributed by atoms with van der Waals surface area (Å²) in [4.78, 5) is 0.